The molecule has 0 aliphatic carbocycles. The standard InChI is InChI=1S/C9H10BrClO2/c1-12-5-6-13-8-4-2-3-7(10)9(8)11/h2-4H,5-6H2,1H3. The topological polar surface area (TPSA) is 18.5 Å². The van der Waals surface area contributed by atoms with Crippen LogP contribution in [-0.4, -0.2) is 20.3 Å². The summed E-state index contributed by atoms with van der Waals surface area (Å²) in [5.41, 5.74) is 0. The molecule has 0 aromatic heterocycles. The maximum atomic E-state index is 5.96. The first-order valence-corrected chi connectivity index (χ1v) is 4.98. The third kappa shape index (κ3) is 3.18. The van der Waals surface area contributed by atoms with Crippen LogP contribution in [0.3, 0.4) is 0 Å². The minimum absolute atomic E-state index is 0.507. The molecule has 4 heteroatoms. The summed E-state index contributed by atoms with van der Waals surface area (Å²) in [6, 6.07) is 5.56. The van der Waals surface area contributed by atoms with E-state index in [2.05, 4.69) is 15.9 Å². The fraction of sp³-hybridized carbons (Fsp3) is 0.333. The van der Waals surface area contributed by atoms with E-state index < -0.39 is 0 Å². The van der Waals surface area contributed by atoms with Gasteiger partial charge in [0.25, 0.3) is 0 Å². The quantitative estimate of drug-likeness (QED) is 0.779. The first kappa shape index (κ1) is 10.8. The molecule has 1 rings (SSSR count). The minimum Gasteiger partial charge on any atom is -0.490 e. The van der Waals surface area contributed by atoms with Gasteiger partial charge in [-0.3, -0.25) is 0 Å². The van der Waals surface area contributed by atoms with Crippen molar-refractivity contribution in [3.8, 4) is 5.75 Å². The molecule has 13 heavy (non-hydrogen) atoms. The van der Waals surface area contributed by atoms with E-state index in [0.717, 1.165) is 4.47 Å². The molecule has 1 aromatic rings. The van der Waals surface area contributed by atoms with Gasteiger partial charge in [-0.25, -0.2) is 0 Å². The third-order valence-electron chi connectivity index (χ3n) is 1.46. The second kappa shape index (κ2) is 5.47. The second-order valence-corrected chi connectivity index (χ2v) is 3.63. The fourth-order valence-corrected chi connectivity index (χ4v) is 1.36. The SMILES string of the molecule is COCCOc1cccc(Br)c1Cl. The lowest BCUT2D eigenvalue weighted by Crippen LogP contribution is -2.04. The van der Waals surface area contributed by atoms with Gasteiger partial charge in [-0.05, 0) is 28.1 Å². The normalized spacial score (nSPS) is 10.1. The van der Waals surface area contributed by atoms with Crippen LogP contribution in [-0.2, 0) is 4.74 Å². The largest absolute Gasteiger partial charge is 0.490 e. The van der Waals surface area contributed by atoms with Crippen LogP contribution in [0, 0.1) is 0 Å². The minimum atomic E-state index is 0.507. The number of hydrogen-bond donors (Lipinski definition) is 0. The molecule has 0 heterocycles. The Morgan fingerprint density at radius 2 is 2.15 bits per heavy atom. The molecule has 0 N–H and O–H groups in total. The first-order valence-electron chi connectivity index (χ1n) is 3.81. The highest BCUT2D eigenvalue weighted by molar-refractivity contribution is 9.10. The molecule has 0 radical (unpaired) electrons. The highest BCUT2D eigenvalue weighted by Crippen LogP contribution is 2.31. The Labute approximate surface area is 90.9 Å². The van der Waals surface area contributed by atoms with Gasteiger partial charge < -0.3 is 9.47 Å². The van der Waals surface area contributed by atoms with E-state index in [0.29, 0.717) is 24.0 Å². The Bertz CT molecular complexity index is 278. The second-order valence-electron chi connectivity index (χ2n) is 2.39. The summed E-state index contributed by atoms with van der Waals surface area (Å²) in [7, 11) is 1.63. The van der Waals surface area contributed by atoms with Gasteiger partial charge in [0.1, 0.15) is 12.4 Å². The zero-order valence-corrected chi connectivity index (χ0v) is 9.56. The van der Waals surface area contributed by atoms with Crippen molar-refractivity contribution in [3.05, 3.63) is 27.7 Å². The van der Waals surface area contributed by atoms with Crippen molar-refractivity contribution in [2.45, 2.75) is 0 Å². The highest BCUT2D eigenvalue weighted by atomic mass is 79.9. The third-order valence-corrected chi connectivity index (χ3v) is 2.74. The van der Waals surface area contributed by atoms with Crippen LogP contribution in [0.15, 0.2) is 22.7 Å². The van der Waals surface area contributed by atoms with E-state index in [9.17, 15) is 0 Å². The van der Waals surface area contributed by atoms with E-state index in [1.807, 2.05) is 18.2 Å². The maximum absolute atomic E-state index is 5.96. The van der Waals surface area contributed by atoms with Crippen molar-refractivity contribution in [1.82, 2.24) is 0 Å². The molecule has 0 unspecified atom stereocenters. The van der Waals surface area contributed by atoms with Gasteiger partial charge in [-0.1, -0.05) is 17.7 Å². The smallest absolute Gasteiger partial charge is 0.139 e. The van der Waals surface area contributed by atoms with Gasteiger partial charge in [0.2, 0.25) is 0 Å². The molecule has 0 fully saturated rings. The lowest BCUT2D eigenvalue weighted by Gasteiger charge is -2.07. The van der Waals surface area contributed by atoms with Crippen molar-refractivity contribution in [1.29, 1.82) is 0 Å². The molecule has 0 aliphatic rings. The Balaban J connectivity index is 2.61. The summed E-state index contributed by atoms with van der Waals surface area (Å²) >= 11 is 9.27. The number of halogens is 2. The summed E-state index contributed by atoms with van der Waals surface area (Å²) in [5.74, 6) is 0.674. The Kier molecular flexibility index (Phi) is 4.56. The average Bonchev–Trinajstić information content (AvgIpc) is 2.13. The number of methoxy groups -OCH3 is 1. The van der Waals surface area contributed by atoms with Crippen molar-refractivity contribution in [2.75, 3.05) is 20.3 Å². The maximum Gasteiger partial charge on any atom is 0.139 e. The van der Waals surface area contributed by atoms with Crippen LogP contribution in [0.2, 0.25) is 5.02 Å². The van der Waals surface area contributed by atoms with Gasteiger partial charge in [-0.15, -0.1) is 0 Å². The molecule has 0 aliphatic heterocycles. The predicted molar refractivity (Wildman–Crippen MR) is 56.5 cm³/mol. The zero-order valence-electron chi connectivity index (χ0n) is 7.22. The molecule has 0 bridgehead atoms. The monoisotopic (exact) mass is 264 g/mol. The summed E-state index contributed by atoms with van der Waals surface area (Å²) in [6.45, 7) is 1.06. The molecular formula is C9H10BrClO2. The van der Waals surface area contributed by atoms with Crippen LogP contribution in [0.4, 0.5) is 0 Å². The molecule has 0 saturated heterocycles. The van der Waals surface area contributed by atoms with Gasteiger partial charge in [0, 0.05) is 11.6 Å². The molecule has 72 valence electrons. The Morgan fingerprint density at radius 3 is 2.85 bits per heavy atom. The zero-order chi connectivity index (χ0) is 9.68. The van der Waals surface area contributed by atoms with Gasteiger partial charge in [0.05, 0.1) is 11.6 Å². The number of benzene rings is 1. The summed E-state index contributed by atoms with van der Waals surface area (Å²) in [4.78, 5) is 0. The van der Waals surface area contributed by atoms with Crippen molar-refractivity contribution < 1.29 is 9.47 Å². The van der Waals surface area contributed by atoms with E-state index in [4.69, 9.17) is 21.1 Å². The lowest BCUT2D eigenvalue weighted by atomic mass is 10.3. The Hall–Kier alpha value is -0.250. The van der Waals surface area contributed by atoms with E-state index >= 15 is 0 Å². The molecule has 0 spiro atoms. The van der Waals surface area contributed by atoms with Crippen LogP contribution < -0.4 is 4.74 Å². The van der Waals surface area contributed by atoms with E-state index in [1.165, 1.54) is 0 Å². The summed E-state index contributed by atoms with van der Waals surface area (Å²) in [6.07, 6.45) is 0. The van der Waals surface area contributed by atoms with Crippen molar-refractivity contribution in [3.63, 3.8) is 0 Å². The van der Waals surface area contributed by atoms with E-state index in [-0.39, 0.29) is 0 Å². The molecule has 2 nitrogen and oxygen atoms in total. The molecule has 0 amide bonds. The number of hydrogen-bond acceptors (Lipinski definition) is 2. The van der Waals surface area contributed by atoms with Crippen LogP contribution in [0.5, 0.6) is 5.75 Å². The summed E-state index contributed by atoms with van der Waals surface area (Å²) in [5, 5.41) is 0.596. The Morgan fingerprint density at radius 1 is 1.38 bits per heavy atom. The predicted octanol–water partition coefficient (Wildman–Crippen LogP) is 3.13. The lowest BCUT2D eigenvalue weighted by molar-refractivity contribution is 0.146. The molecular weight excluding hydrogens is 255 g/mol. The number of rotatable bonds is 4. The van der Waals surface area contributed by atoms with E-state index in [1.54, 1.807) is 7.11 Å². The molecule has 1 aromatic carbocycles. The van der Waals surface area contributed by atoms with Gasteiger partial charge in [-0.2, -0.15) is 0 Å². The number of ether oxygens (including phenoxy) is 2. The van der Waals surface area contributed by atoms with Crippen LogP contribution in [0.1, 0.15) is 0 Å². The van der Waals surface area contributed by atoms with Crippen LogP contribution >= 0.6 is 27.5 Å². The first-order chi connectivity index (χ1) is 6.25. The van der Waals surface area contributed by atoms with Crippen LogP contribution in [0.25, 0.3) is 0 Å². The molecule has 0 atom stereocenters. The molecule has 0 saturated carbocycles. The van der Waals surface area contributed by atoms with Crippen molar-refractivity contribution in [2.24, 2.45) is 0 Å². The average molecular weight is 266 g/mol. The van der Waals surface area contributed by atoms with Crippen molar-refractivity contribution >= 4 is 27.5 Å². The van der Waals surface area contributed by atoms with Gasteiger partial charge >= 0.3 is 0 Å². The fourth-order valence-electron chi connectivity index (χ4n) is 0.830. The summed E-state index contributed by atoms with van der Waals surface area (Å²) < 4.78 is 11.1. The highest BCUT2D eigenvalue weighted by Gasteiger charge is 2.03. The van der Waals surface area contributed by atoms with Gasteiger partial charge in [0.15, 0.2) is 0 Å².